The number of ether oxygens (including phenoxy) is 1. The summed E-state index contributed by atoms with van der Waals surface area (Å²) < 4.78 is 5.16. The second-order valence-electron chi connectivity index (χ2n) is 5.37. The van der Waals surface area contributed by atoms with Crippen LogP contribution >= 0.6 is 0 Å². The average Bonchev–Trinajstić information content (AvgIpc) is 2.46. The van der Waals surface area contributed by atoms with Crippen molar-refractivity contribution in [3.8, 4) is 0 Å². The summed E-state index contributed by atoms with van der Waals surface area (Å²) in [6.45, 7) is 7.49. The van der Waals surface area contributed by atoms with Gasteiger partial charge in [-0.2, -0.15) is 0 Å². The molecule has 2 rings (SSSR count). The molecule has 0 N–H and O–H groups in total. The van der Waals surface area contributed by atoms with Gasteiger partial charge in [-0.15, -0.1) is 0 Å². The molecule has 1 fully saturated rings. The summed E-state index contributed by atoms with van der Waals surface area (Å²) in [4.78, 5) is 20.8. The van der Waals surface area contributed by atoms with Crippen LogP contribution in [0.1, 0.15) is 24.2 Å². The van der Waals surface area contributed by atoms with Crippen LogP contribution < -0.4 is 0 Å². The van der Waals surface area contributed by atoms with Gasteiger partial charge >= 0.3 is 0 Å². The van der Waals surface area contributed by atoms with E-state index in [-0.39, 0.29) is 5.91 Å². The predicted octanol–water partition coefficient (Wildman–Crippen LogP) is 1.26. The Bertz CT molecular complexity index is 426. The molecule has 1 aromatic rings. The largest absolute Gasteiger partial charge is 0.383 e. The molecular formula is C15H23N3O2. The fourth-order valence-corrected chi connectivity index (χ4v) is 2.84. The maximum Gasteiger partial charge on any atom is 0.254 e. The summed E-state index contributed by atoms with van der Waals surface area (Å²) >= 11 is 0. The van der Waals surface area contributed by atoms with E-state index in [4.69, 9.17) is 4.74 Å². The highest BCUT2D eigenvalue weighted by Gasteiger charge is 2.31. The fraction of sp³-hybridized carbons (Fsp3) is 0.600. The molecule has 0 spiro atoms. The third kappa shape index (κ3) is 3.35. The number of nitrogens with zero attached hydrogens (tertiary/aromatic N) is 3. The zero-order valence-corrected chi connectivity index (χ0v) is 12.5. The van der Waals surface area contributed by atoms with E-state index in [0.717, 1.165) is 26.2 Å². The minimum Gasteiger partial charge on any atom is -0.383 e. The topological polar surface area (TPSA) is 45.7 Å². The molecule has 110 valence electrons. The molecule has 1 aliphatic heterocycles. The molecule has 2 atom stereocenters. The number of piperazine rings is 1. The van der Waals surface area contributed by atoms with E-state index in [9.17, 15) is 4.79 Å². The number of pyridine rings is 1. The van der Waals surface area contributed by atoms with Gasteiger partial charge in [-0.1, -0.05) is 0 Å². The molecule has 2 heterocycles. The first-order valence-corrected chi connectivity index (χ1v) is 7.07. The lowest BCUT2D eigenvalue weighted by molar-refractivity contribution is 0.0193. The smallest absolute Gasteiger partial charge is 0.254 e. The van der Waals surface area contributed by atoms with Crippen molar-refractivity contribution in [2.75, 3.05) is 33.4 Å². The number of carbonyl (C=O) groups excluding carboxylic acids is 1. The number of aromatic nitrogens is 1. The van der Waals surface area contributed by atoms with Crippen molar-refractivity contribution in [2.45, 2.75) is 25.9 Å². The van der Waals surface area contributed by atoms with Crippen LogP contribution in [0, 0.1) is 0 Å². The van der Waals surface area contributed by atoms with Crippen molar-refractivity contribution in [3.63, 3.8) is 0 Å². The van der Waals surface area contributed by atoms with Crippen LogP contribution in [0.4, 0.5) is 0 Å². The molecule has 0 bridgehead atoms. The first-order chi connectivity index (χ1) is 9.63. The summed E-state index contributed by atoms with van der Waals surface area (Å²) in [7, 11) is 1.72. The van der Waals surface area contributed by atoms with Crippen LogP contribution in [0.25, 0.3) is 0 Å². The van der Waals surface area contributed by atoms with Gasteiger partial charge in [0.1, 0.15) is 0 Å². The minimum absolute atomic E-state index is 0.0949. The molecule has 0 aromatic carbocycles. The molecule has 1 aromatic heterocycles. The lowest BCUT2D eigenvalue weighted by Crippen LogP contribution is -2.58. The molecule has 0 aliphatic carbocycles. The van der Waals surface area contributed by atoms with Crippen molar-refractivity contribution in [3.05, 3.63) is 30.1 Å². The molecule has 1 amide bonds. The third-order valence-corrected chi connectivity index (χ3v) is 3.87. The maximum absolute atomic E-state index is 12.5. The molecular weight excluding hydrogens is 254 g/mol. The summed E-state index contributed by atoms with van der Waals surface area (Å²) in [6.07, 6.45) is 3.32. The Kier molecular flexibility index (Phi) is 5.09. The number of amides is 1. The van der Waals surface area contributed by atoms with Gasteiger partial charge < -0.3 is 9.64 Å². The number of methoxy groups -OCH3 is 1. The Morgan fingerprint density at radius 3 is 2.45 bits per heavy atom. The van der Waals surface area contributed by atoms with Gasteiger partial charge in [0.2, 0.25) is 0 Å². The molecule has 0 radical (unpaired) electrons. The van der Waals surface area contributed by atoms with Crippen molar-refractivity contribution >= 4 is 5.91 Å². The predicted molar refractivity (Wildman–Crippen MR) is 77.6 cm³/mol. The van der Waals surface area contributed by atoms with E-state index in [2.05, 4.69) is 23.7 Å². The second kappa shape index (κ2) is 6.81. The van der Waals surface area contributed by atoms with Crippen molar-refractivity contribution in [1.29, 1.82) is 0 Å². The van der Waals surface area contributed by atoms with Crippen molar-refractivity contribution < 1.29 is 9.53 Å². The molecule has 20 heavy (non-hydrogen) atoms. The van der Waals surface area contributed by atoms with Gasteiger partial charge in [-0.05, 0) is 26.0 Å². The molecule has 1 saturated heterocycles. The highest BCUT2D eigenvalue weighted by molar-refractivity contribution is 5.94. The first kappa shape index (κ1) is 14.9. The molecule has 2 unspecified atom stereocenters. The molecule has 5 heteroatoms. The Balaban J connectivity index is 2.01. The quantitative estimate of drug-likeness (QED) is 0.831. The van der Waals surface area contributed by atoms with Gasteiger partial charge in [0.25, 0.3) is 5.91 Å². The first-order valence-electron chi connectivity index (χ1n) is 7.07. The lowest BCUT2D eigenvalue weighted by atomic mass is 10.1. The lowest BCUT2D eigenvalue weighted by Gasteiger charge is -2.44. The second-order valence-corrected chi connectivity index (χ2v) is 5.37. The monoisotopic (exact) mass is 277 g/mol. The van der Waals surface area contributed by atoms with Gasteiger partial charge in [0.05, 0.1) is 6.61 Å². The number of hydrogen-bond acceptors (Lipinski definition) is 4. The maximum atomic E-state index is 12.5. The minimum atomic E-state index is 0.0949. The number of rotatable bonds is 4. The fourth-order valence-electron chi connectivity index (χ4n) is 2.84. The Morgan fingerprint density at radius 2 is 1.90 bits per heavy atom. The van der Waals surface area contributed by atoms with E-state index in [1.807, 2.05) is 4.90 Å². The average molecular weight is 277 g/mol. The molecule has 0 saturated carbocycles. The SMILES string of the molecule is COCCN1C(C)CN(C(=O)c2ccncc2)CC1C. The normalized spacial score (nSPS) is 23.9. The van der Waals surface area contributed by atoms with E-state index in [1.54, 1.807) is 31.6 Å². The van der Waals surface area contributed by atoms with E-state index >= 15 is 0 Å². The molecule has 5 nitrogen and oxygen atoms in total. The van der Waals surface area contributed by atoms with Crippen molar-refractivity contribution in [2.24, 2.45) is 0 Å². The van der Waals surface area contributed by atoms with Crippen LogP contribution in [0.3, 0.4) is 0 Å². The number of hydrogen-bond donors (Lipinski definition) is 0. The summed E-state index contributed by atoms with van der Waals surface area (Å²) in [6, 6.07) is 4.24. The number of carbonyl (C=O) groups is 1. The van der Waals surface area contributed by atoms with Crippen LogP contribution in [0.15, 0.2) is 24.5 Å². The highest BCUT2D eigenvalue weighted by Crippen LogP contribution is 2.17. The Labute approximate surface area is 120 Å². The van der Waals surface area contributed by atoms with E-state index in [1.165, 1.54) is 0 Å². The summed E-state index contributed by atoms with van der Waals surface area (Å²) in [5.41, 5.74) is 0.713. The Morgan fingerprint density at radius 1 is 1.30 bits per heavy atom. The van der Waals surface area contributed by atoms with E-state index in [0.29, 0.717) is 17.6 Å². The highest BCUT2D eigenvalue weighted by atomic mass is 16.5. The van der Waals surface area contributed by atoms with Crippen LogP contribution in [-0.4, -0.2) is 66.1 Å². The standard InChI is InChI=1S/C15H23N3O2/c1-12-10-17(11-13(2)18(12)8-9-20-3)15(19)14-4-6-16-7-5-14/h4-7,12-13H,8-11H2,1-3H3. The zero-order chi connectivity index (χ0) is 14.5. The third-order valence-electron chi connectivity index (χ3n) is 3.87. The summed E-state index contributed by atoms with van der Waals surface area (Å²) in [5.74, 6) is 0.0949. The van der Waals surface area contributed by atoms with Gasteiger partial charge in [-0.3, -0.25) is 14.7 Å². The van der Waals surface area contributed by atoms with Gasteiger partial charge in [0, 0.05) is 56.8 Å². The van der Waals surface area contributed by atoms with Crippen LogP contribution in [0.5, 0.6) is 0 Å². The van der Waals surface area contributed by atoms with Crippen molar-refractivity contribution in [1.82, 2.24) is 14.8 Å². The van der Waals surface area contributed by atoms with Crippen LogP contribution in [-0.2, 0) is 4.74 Å². The summed E-state index contributed by atoms with van der Waals surface area (Å²) in [5, 5.41) is 0. The van der Waals surface area contributed by atoms with E-state index < -0.39 is 0 Å². The van der Waals surface area contributed by atoms with Crippen LogP contribution in [0.2, 0.25) is 0 Å². The Hall–Kier alpha value is -1.46. The molecule has 1 aliphatic rings. The van der Waals surface area contributed by atoms with Gasteiger partial charge in [-0.25, -0.2) is 0 Å². The van der Waals surface area contributed by atoms with Gasteiger partial charge in [0.15, 0.2) is 0 Å². The zero-order valence-electron chi connectivity index (χ0n) is 12.5.